The van der Waals surface area contributed by atoms with E-state index >= 15 is 0 Å². The van der Waals surface area contributed by atoms with Crippen LogP contribution in [0.15, 0.2) is 0 Å². The van der Waals surface area contributed by atoms with Crippen molar-refractivity contribution in [1.29, 1.82) is 0 Å². The first-order valence-corrected chi connectivity index (χ1v) is 7.65. The number of nitrogens with zero attached hydrogens (tertiary/aromatic N) is 5. The van der Waals surface area contributed by atoms with Crippen molar-refractivity contribution in [1.82, 2.24) is 15.0 Å². The fourth-order valence-electron chi connectivity index (χ4n) is 2.18. The highest BCUT2D eigenvalue weighted by molar-refractivity contribution is 7.99. The molecule has 2 aliphatic heterocycles. The van der Waals surface area contributed by atoms with Gasteiger partial charge < -0.3 is 20.3 Å². The monoisotopic (exact) mass is 282 g/mol. The maximum absolute atomic E-state index is 5.82. The Labute approximate surface area is 116 Å². The third kappa shape index (κ3) is 3.01. The van der Waals surface area contributed by atoms with Gasteiger partial charge in [0, 0.05) is 37.7 Å². The summed E-state index contributed by atoms with van der Waals surface area (Å²) in [5.41, 5.74) is 5.82. The Balaban J connectivity index is 1.82. The fraction of sp³-hybridized carbons (Fsp3) is 0.727. The number of hydrogen-bond donors (Lipinski definition) is 1. The number of nitrogens with two attached hydrogens (primary N) is 1. The van der Waals surface area contributed by atoms with E-state index in [9.17, 15) is 0 Å². The lowest BCUT2D eigenvalue weighted by atomic mass is 10.4. The van der Waals surface area contributed by atoms with E-state index in [1.165, 1.54) is 0 Å². The third-order valence-corrected chi connectivity index (χ3v) is 4.16. The average molecular weight is 282 g/mol. The standard InChI is InChI=1S/C11H18N6OS/c12-9-13-10(16-1-5-18-6-2-16)15-11(14-9)17-3-7-19-8-4-17/h1-8H2,(H2,12,13,14,15). The van der Waals surface area contributed by atoms with Gasteiger partial charge in [-0.05, 0) is 0 Å². The second-order valence-corrected chi connectivity index (χ2v) is 5.72. The number of morpholine rings is 1. The predicted molar refractivity (Wildman–Crippen MR) is 76.8 cm³/mol. The number of ether oxygens (including phenoxy) is 1. The highest BCUT2D eigenvalue weighted by Gasteiger charge is 2.19. The molecule has 7 nitrogen and oxygen atoms in total. The van der Waals surface area contributed by atoms with Gasteiger partial charge in [-0.15, -0.1) is 0 Å². The van der Waals surface area contributed by atoms with Gasteiger partial charge in [-0.2, -0.15) is 26.7 Å². The van der Waals surface area contributed by atoms with Crippen LogP contribution in [0.4, 0.5) is 17.8 Å². The molecule has 0 atom stereocenters. The van der Waals surface area contributed by atoms with Crippen LogP contribution in [-0.2, 0) is 4.74 Å². The molecule has 1 aromatic rings. The highest BCUT2D eigenvalue weighted by Crippen LogP contribution is 2.19. The minimum absolute atomic E-state index is 0.296. The molecular formula is C11H18N6OS. The molecule has 0 saturated carbocycles. The number of thioether (sulfide) groups is 1. The van der Waals surface area contributed by atoms with Crippen molar-refractivity contribution in [3.05, 3.63) is 0 Å². The third-order valence-electron chi connectivity index (χ3n) is 3.22. The van der Waals surface area contributed by atoms with Crippen molar-refractivity contribution >= 4 is 29.6 Å². The SMILES string of the molecule is Nc1nc(N2CCOCC2)nc(N2CCSCC2)n1. The van der Waals surface area contributed by atoms with Crippen molar-refractivity contribution < 1.29 is 4.74 Å². The molecule has 0 amide bonds. The van der Waals surface area contributed by atoms with Gasteiger partial charge in [0.1, 0.15) is 0 Å². The van der Waals surface area contributed by atoms with Crippen LogP contribution in [0.1, 0.15) is 0 Å². The van der Waals surface area contributed by atoms with Gasteiger partial charge in [0.05, 0.1) is 13.2 Å². The molecule has 104 valence electrons. The first-order chi connectivity index (χ1) is 9.33. The molecule has 1 aromatic heterocycles. The van der Waals surface area contributed by atoms with E-state index < -0.39 is 0 Å². The summed E-state index contributed by atoms with van der Waals surface area (Å²) in [5.74, 6) is 3.89. The van der Waals surface area contributed by atoms with Gasteiger partial charge in [-0.25, -0.2) is 0 Å². The van der Waals surface area contributed by atoms with E-state index in [0.29, 0.717) is 31.1 Å². The number of nitrogen functional groups attached to an aromatic ring is 1. The molecule has 3 rings (SSSR count). The van der Waals surface area contributed by atoms with Crippen LogP contribution in [0.2, 0.25) is 0 Å². The molecule has 0 radical (unpaired) electrons. The predicted octanol–water partition coefficient (Wildman–Crippen LogP) is -0.156. The summed E-state index contributed by atoms with van der Waals surface area (Å²) >= 11 is 1.96. The number of anilines is 3. The molecule has 8 heteroatoms. The van der Waals surface area contributed by atoms with Crippen molar-refractivity contribution in [3.63, 3.8) is 0 Å². The molecule has 2 aliphatic rings. The van der Waals surface area contributed by atoms with Crippen LogP contribution in [0.3, 0.4) is 0 Å². The van der Waals surface area contributed by atoms with Crippen molar-refractivity contribution in [2.45, 2.75) is 0 Å². The van der Waals surface area contributed by atoms with Crippen LogP contribution < -0.4 is 15.5 Å². The van der Waals surface area contributed by atoms with Crippen LogP contribution in [0.5, 0.6) is 0 Å². The quantitative estimate of drug-likeness (QED) is 0.802. The maximum Gasteiger partial charge on any atom is 0.232 e. The van der Waals surface area contributed by atoms with E-state index in [-0.39, 0.29) is 0 Å². The zero-order valence-electron chi connectivity index (χ0n) is 10.8. The van der Waals surface area contributed by atoms with Gasteiger partial charge in [-0.3, -0.25) is 0 Å². The molecule has 2 fully saturated rings. The number of hydrogen-bond acceptors (Lipinski definition) is 8. The summed E-state index contributed by atoms with van der Waals surface area (Å²) in [7, 11) is 0. The summed E-state index contributed by atoms with van der Waals surface area (Å²) in [5, 5.41) is 0. The van der Waals surface area contributed by atoms with E-state index in [0.717, 1.165) is 37.7 Å². The zero-order chi connectivity index (χ0) is 13.1. The Kier molecular flexibility index (Phi) is 3.88. The van der Waals surface area contributed by atoms with Crippen molar-refractivity contribution in [3.8, 4) is 0 Å². The van der Waals surface area contributed by atoms with Crippen LogP contribution in [-0.4, -0.2) is 65.9 Å². The molecular weight excluding hydrogens is 264 g/mol. The lowest BCUT2D eigenvalue weighted by molar-refractivity contribution is 0.122. The Morgan fingerprint density at radius 2 is 1.47 bits per heavy atom. The van der Waals surface area contributed by atoms with Gasteiger partial charge in [0.15, 0.2) is 0 Å². The Hall–Kier alpha value is -1.28. The van der Waals surface area contributed by atoms with E-state index in [4.69, 9.17) is 10.5 Å². The van der Waals surface area contributed by atoms with Crippen molar-refractivity contribution in [2.75, 3.05) is 66.4 Å². The summed E-state index contributed by atoms with van der Waals surface area (Å²) < 4.78 is 5.34. The largest absolute Gasteiger partial charge is 0.378 e. The van der Waals surface area contributed by atoms with E-state index in [2.05, 4.69) is 24.8 Å². The van der Waals surface area contributed by atoms with Gasteiger partial charge in [-0.1, -0.05) is 0 Å². The molecule has 0 bridgehead atoms. The fourth-order valence-corrected chi connectivity index (χ4v) is 3.08. The Bertz CT molecular complexity index is 397. The Morgan fingerprint density at radius 3 is 2.11 bits per heavy atom. The van der Waals surface area contributed by atoms with Crippen LogP contribution in [0.25, 0.3) is 0 Å². The molecule has 2 N–H and O–H groups in total. The van der Waals surface area contributed by atoms with Gasteiger partial charge in [0.25, 0.3) is 0 Å². The van der Waals surface area contributed by atoms with E-state index in [1.807, 2.05) is 11.8 Å². The normalized spacial score (nSPS) is 20.6. The van der Waals surface area contributed by atoms with Crippen LogP contribution >= 0.6 is 11.8 Å². The minimum atomic E-state index is 0.296. The second kappa shape index (κ2) is 5.79. The smallest absolute Gasteiger partial charge is 0.232 e. The number of aromatic nitrogens is 3. The molecule has 0 aliphatic carbocycles. The average Bonchev–Trinajstić information content (AvgIpc) is 2.48. The first kappa shape index (κ1) is 12.7. The summed E-state index contributed by atoms with van der Waals surface area (Å²) in [6.45, 7) is 4.97. The molecule has 0 unspecified atom stereocenters. The van der Waals surface area contributed by atoms with E-state index in [1.54, 1.807) is 0 Å². The minimum Gasteiger partial charge on any atom is -0.378 e. The first-order valence-electron chi connectivity index (χ1n) is 6.50. The molecule has 2 saturated heterocycles. The van der Waals surface area contributed by atoms with Crippen LogP contribution in [0, 0.1) is 0 Å². The summed E-state index contributed by atoms with van der Waals surface area (Å²) in [6, 6.07) is 0. The van der Waals surface area contributed by atoms with Gasteiger partial charge in [0.2, 0.25) is 17.8 Å². The topological polar surface area (TPSA) is 80.4 Å². The van der Waals surface area contributed by atoms with Crippen molar-refractivity contribution in [2.24, 2.45) is 0 Å². The molecule has 19 heavy (non-hydrogen) atoms. The maximum atomic E-state index is 5.82. The lowest BCUT2D eigenvalue weighted by Crippen LogP contribution is -2.39. The highest BCUT2D eigenvalue weighted by atomic mass is 32.2. The number of rotatable bonds is 2. The second-order valence-electron chi connectivity index (χ2n) is 4.49. The van der Waals surface area contributed by atoms with Gasteiger partial charge >= 0.3 is 0 Å². The molecule has 3 heterocycles. The molecule has 0 aromatic carbocycles. The molecule has 0 spiro atoms. The summed E-state index contributed by atoms with van der Waals surface area (Å²) in [6.07, 6.45) is 0. The zero-order valence-corrected chi connectivity index (χ0v) is 11.6. The summed E-state index contributed by atoms with van der Waals surface area (Å²) in [4.78, 5) is 17.4. The lowest BCUT2D eigenvalue weighted by Gasteiger charge is -2.29. The Morgan fingerprint density at radius 1 is 0.895 bits per heavy atom.